The number of carbonyl (C=O) groups is 2. The van der Waals surface area contributed by atoms with Crippen LogP contribution in [0.5, 0.6) is 0 Å². The molecule has 3 N–H and O–H groups in total. The lowest BCUT2D eigenvalue weighted by Crippen LogP contribution is -2.37. The van der Waals surface area contributed by atoms with E-state index in [1.54, 1.807) is 6.07 Å². The van der Waals surface area contributed by atoms with Gasteiger partial charge in [-0.2, -0.15) is 10.2 Å². The van der Waals surface area contributed by atoms with Gasteiger partial charge in [-0.3, -0.25) is 19.3 Å². The third-order valence-electron chi connectivity index (χ3n) is 5.31. The van der Waals surface area contributed by atoms with E-state index in [2.05, 4.69) is 30.7 Å². The Labute approximate surface area is 185 Å². The van der Waals surface area contributed by atoms with Crippen LogP contribution in [-0.2, 0) is 20.8 Å². The van der Waals surface area contributed by atoms with Gasteiger partial charge < -0.3 is 20.1 Å². The van der Waals surface area contributed by atoms with Crippen LogP contribution < -0.4 is 10.6 Å². The van der Waals surface area contributed by atoms with Crippen molar-refractivity contribution < 1.29 is 37.0 Å². The number of H-pyrrole nitrogens is 1. The Bertz CT molecular complexity index is 1000. The number of aromatic nitrogens is 4. The zero-order chi connectivity index (χ0) is 23.6. The molecule has 0 aromatic carbocycles. The van der Waals surface area contributed by atoms with Crippen molar-refractivity contribution in [2.75, 3.05) is 18.5 Å². The third-order valence-corrected chi connectivity index (χ3v) is 5.31. The lowest BCUT2D eigenvalue weighted by molar-refractivity contribution is -0.325. The quantitative estimate of drug-likeness (QED) is 0.538. The number of aromatic amines is 1. The molecule has 180 valence electrons. The number of hydrogen-bond acceptors (Lipinski definition) is 7. The molecule has 3 heterocycles. The lowest BCUT2D eigenvalue weighted by atomic mass is 10.1. The Morgan fingerprint density at radius 2 is 2.18 bits per heavy atom. The summed E-state index contributed by atoms with van der Waals surface area (Å²) in [5, 5.41) is 16.0. The molecule has 0 radical (unpaired) electrons. The molecule has 1 aliphatic carbocycles. The molecule has 2 fully saturated rings. The molecule has 0 spiro atoms. The van der Waals surface area contributed by atoms with E-state index < -0.39 is 31.1 Å². The average Bonchev–Trinajstić information content (AvgIpc) is 3.18. The monoisotopic (exact) mass is 472 g/mol. The summed E-state index contributed by atoms with van der Waals surface area (Å²) in [5.41, 5.74) is 0.582. The number of ether oxygens (including phenoxy) is 3. The maximum Gasteiger partial charge on any atom is 0.522 e. The highest BCUT2D eigenvalue weighted by Crippen LogP contribution is 2.35. The van der Waals surface area contributed by atoms with Crippen molar-refractivity contribution >= 4 is 17.8 Å². The van der Waals surface area contributed by atoms with Gasteiger partial charge in [-0.15, -0.1) is 13.2 Å². The van der Waals surface area contributed by atoms with Crippen LogP contribution >= 0.6 is 0 Å². The number of amides is 2. The molecule has 1 aliphatic heterocycles. The van der Waals surface area contributed by atoms with Gasteiger partial charge in [-0.1, -0.05) is 0 Å². The molecule has 11 nitrogen and oxygen atoms in total. The minimum absolute atomic E-state index is 0.146. The van der Waals surface area contributed by atoms with E-state index in [-0.39, 0.29) is 36.2 Å². The van der Waals surface area contributed by atoms with E-state index in [1.807, 2.05) is 6.92 Å². The van der Waals surface area contributed by atoms with Gasteiger partial charge in [0, 0.05) is 24.2 Å². The van der Waals surface area contributed by atoms with Crippen molar-refractivity contribution in [3.8, 4) is 0 Å². The normalized spacial score (nSPS) is 21.6. The first-order valence-corrected chi connectivity index (χ1v) is 10.3. The number of nitrogens with one attached hydrogen (secondary N) is 3. The number of carbonyl (C=O) groups excluding carboxylic acids is 2. The van der Waals surface area contributed by atoms with E-state index in [0.29, 0.717) is 12.1 Å². The van der Waals surface area contributed by atoms with Gasteiger partial charge >= 0.3 is 12.5 Å². The second kappa shape index (κ2) is 9.02. The molecule has 2 aromatic heterocycles. The van der Waals surface area contributed by atoms with E-state index in [9.17, 15) is 22.8 Å². The van der Waals surface area contributed by atoms with Crippen molar-refractivity contribution in [1.29, 1.82) is 0 Å². The summed E-state index contributed by atoms with van der Waals surface area (Å²) >= 11 is 0. The summed E-state index contributed by atoms with van der Waals surface area (Å²) in [6.45, 7) is 1.41. The largest absolute Gasteiger partial charge is 0.522 e. The van der Waals surface area contributed by atoms with E-state index >= 15 is 0 Å². The van der Waals surface area contributed by atoms with Crippen LogP contribution in [0.1, 0.15) is 48.3 Å². The summed E-state index contributed by atoms with van der Waals surface area (Å²) in [6, 6.07) is 1.60. The molecular formula is C19H23F3N6O5. The Hall–Kier alpha value is -3.13. The maximum atomic E-state index is 12.4. The molecule has 14 heteroatoms. The van der Waals surface area contributed by atoms with Crippen molar-refractivity contribution in [2.45, 2.75) is 56.8 Å². The SMILES string of the molecule is CC1(NC(=O)O[C@@H]2CO[C@H](c3cc(NC(=O)c4cnn(CCOC(F)(F)F)c4)n[nH]3)C2)CC1. The molecule has 2 atom stereocenters. The number of rotatable bonds is 8. The Morgan fingerprint density at radius 3 is 2.91 bits per heavy atom. The van der Waals surface area contributed by atoms with Gasteiger partial charge in [0.25, 0.3) is 5.91 Å². The fourth-order valence-electron chi connectivity index (χ4n) is 3.25. The highest BCUT2D eigenvalue weighted by atomic mass is 19.4. The molecular weight excluding hydrogens is 449 g/mol. The van der Waals surface area contributed by atoms with E-state index in [1.165, 1.54) is 17.1 Å². The zero-order valence-electron chi connectivity index (χ0n) is 17.6. The highest BCUT2D eigenvalue weighted by molar-refractivity contribution is 6.03. The summed E-state index contributed by atoms with van der Waals surface area (Å²) in [6.07, 6.45) is -1.13. The van der Waals surface area contributed by atoms with Crippen molar-refractivity contribution in [2.24, 2.45) is 0 Å². The molecule has 2 aliphatic rings. The molecule has 2 amide bonds. The van der Waals surface area contributed by atoms with Crippen molar-refractivity contribution in [3.63, 3.8) is 0 Å². The molecule has 1 saturated heterocycles. The Morgan fingerprint density at radius 1 is 1.39 bits per heavy atom. The molecule has 0 unspecified atom stereocenters. The van der Waals surface area contributed by atoms with Crippen LogP contribution in [0.4, 0.5) is 23.8 Å². The number of halogens is 3. The van der Waals surface area contributed by atoms with Gasteiger partial charge in [-0.25, -0.2) is 4.79 Å². The maximum absolute atomic E-state index is 12.4. The summed E-state index contributed by atoms with van der Waals surface area (Å²) < 4.78 is 52.0. The van der Waals surface area contributed by atoms with Crippen LogP contribution in [0.15, 0.2) is 18.5 Å². The summed E-state index contributed by atoms with van der Waals surface area (Å²) in [5.74, 6) is -0.301. The van der Waals surface area contributed by atoms with Crippen molar-refractivity contribution in [1.82, 2.24) is 25.3 Å². The number of hydrogen-bond donors (Lipinski definition) is 3. The van der Waals surface area contributed by atoms with Crippen molar-refractivity contribution in [3.05, 3.63) is 29.7 Å². The molecule has 1 saturated carbocycles. The molecule has 4 rings (SSSR count). The molecule has 33 heavy (non-hydrogen) atoms. The van der Waals surface area contributed by atoms with Gasteiger partial charge in [0.2, 0.25) is 0 Å². The van der Waals surface area contributed by atoms with E-state index in [4.69, 9.17) is 9.47 Å². The lowest BCUT2D eigenvalue weighted by Gasteiger charge is -2.15. The van der Waals surface area contributed by atoms with Crippen LogP contribution in [0.2, 0.25) is 0 Å². The summed E-state index contributed by atoms with van der Waals surface area (Å²) in [4.78, 5) is 24.3. The first-order valence-electron chi connectivity index (χ1n) is 10.3. The molecule has 2 aromatic rings. The van der Waals surface area contributed by atoms with Crippen LogP contribution in [0, 0.1) is 0 Å². The Kier molecular flexibility index (Phi) is 6.30. The highest BCUT2D eigenvalue weighted by Gasteiger charge is 2.40. The zero-order valence-corrected chi connectivity index (χ0v) is 17.6. The standard InChI is InChI=1S/C19H23F3N6O5/c1-18(2-3-18)25-17(30)33-12-6-14(31-10-12)13-7-15(27-26-13)24-16(29)11-8-23-28(9-11)4-5-32-19(20,21)22/h7-9,12,14H,2-6,10H2,1H3,(H,25,30)(H2,24,26,27,29)/t12-,14-/m0/s1. The fourth-order valence-corrected chi connectivity index (χ4v) is 3.25. The smallest absolute Gasteiger partial charge is 0.444 e. The predicted molar refractivity (Wildman–Crippen MR) is 105 cm³/mol. The number of nitrogens with zero attached hydrogens (tertiary/aromatic N) is 3. The third kappa shape index (κ3) is 6.44. The number of alkyl carbamates (subject to hydrolysis) is 1. The second-order valence-corrected chi connectivity index (χ2v) is 8.22. The van der Waals surface area contributed by atoms with Crippen LogP contribution in [0.25, 0.3) is 0 Å². The minimum Gasteiger partial charge on any atom is -0.444 e. The van der Waals surface area contributed by atoms with Gasteiger partial charge in [0.15, 0.2) is 5.82 Å². The van der Waals surface area contributed by atoms with Crippen LogP contribution in [0.3, 0.4) is 0 Å². The number of anilines is 1. The number of alkyl halides is 3. The first kappa shape index (κ1) is 23.0. The summed E-state index contributed by atoms with van der Waals surface area (Å²) in [7, 11) is 0. The first-order chi connectivity index (χ1) is 15.6. The average molecular weight is 472 g/mol. The second-order valence-electron chi connectivity index (χ2n) is 8.22. The van der Waals surface area contributed by atoms with Crippen LogP contribution in [-0.4, -0.2) is 63.2 Å². The Balaban J connectivity index is 1.24. The van der Waals surface area contributed by atoms with Gasteiger partial charge in [-0.05, 0) is 19.8 Å². The minimum atomic E-state index is -4.72. The van der Waals surface area contributed by atoms with Gasteiger partial charge in [0.05, 0.1) is 37.2 Å². The molecule has 0 bridgehead atoms. The fraction of sp³-hybridized carbons (Fsp3) is 0.579. The van der Waals surface area contributed by atoms with Gasteiger partial charge in [0.1, 0.15) is 12.2 Å². The predicted octanol–water partition coefficient (Wildman–Crippen LogP) is 2.50. The van der Waals surface area contributed by atoms with E-state index in [0.717, 1.165) is 12.8 Å². The topological polar surface area (TPSA) is 132 Å².